The number of halogens is 1. The number of H-pyrrole nitrogens is 2. The molecule has 64 heavy (non-hydrogen) atoms. The van der Waals surface area contributed by atoms with Crippen molar-refractivity contribution in [2.75, 3.05) is 27.3 Å². The fraction of sp³-hybridized carbons (Fsp3) is 0.489. The van der Waals surface area contributed by atoms with Crippen LogP contribution in [-0.4, -0.2) is 97.7 Å². The molecule has 16 nitrogen and oxygen atoms in total. The number of methoxy groups -OCH3 is 2. The second kappa shape index (κ2) is 17.0. The van der Waals surface area contributed by atoms with Crippen LogP contribution in [0.15, 0.2) is 48.8 Å². The number of imidazole rings is 2. The van der Waals surface area contributed by atoms with Crippen LogP contribution < -0.4 is 15.4 Å². The maximum Gasteiger partial charge on any atom is 0.407 e. The van der Waals surface area contributed by atoms with E-state index in [-0.39, 0.29) is 47.9 Å². The molecule has 3 unspecified atom stereocenters. The summed E-state index contributed by atoms with van der Waals surface area (Å²) in [5.74, 6) is 1.28. The highest BCUT2D eigenvalue weighted by atomic mass is 19.1. The zero-order chi connectivity index (χ0) is 45.1. The molecule has 3 aliphatic heterocycles. The Morgan fingerprint density at radius 3 is 1.86 bits per heavy atom. The maximum absolute atomic E-state index is 16.7. The van der Waals surface area contributed by atoms with E-state index in [0.29, 0.717) is 59.6 Å². The quantitative estimate of drug-likeness (QED) is 0.102. The third-order valence-corrected chi connectivity index (χ3v) is 13.5. The number of carbonyl (C=O) groups is 4. The number of aromatic nitrogens is 5. The van der Waals surface area contributed by atoms with Crippen molar-refractivity contribution in [1.29, 1.82) is 0 Å². The van der Waals surface area contributed by atoms with E-state index >= 15 is 4.39 Å². The normalized spacial score (nSPS) is 22.2. The fourth-order valence-electron chi connectivity index (χ4n) is 9.85. The maximum atomic E-state index is 16.7. The lowest BCUT2D eigenvalue weighted by Crippen LogP contribution is -2.51. The molecule has 0 spiro atoms. The first-order chi connectivity index (χ1) is 30.8. The van der Waals surface area contributed by atoms with Gasteiger partial charge in [-0.15, -0.1) is 0 Å². The average molecular weight is 878 g/mol. The Morgan fingerprint density at radius 1 is 0.797 bits per heavy atom. The number of benzene rings is 2. The van der Waals surface area contributed by atoms with Crippen molar-refractivity contribution in [1.82, 2.24) is 44.9 Å². The van der Waals surface area contributed by atoms with Gasteiger partial charge in [-0.3, -0.25) is 9.59 Å². The first-order valence-electron chi connectivity index (χ1n) is 22.3. The predicted molar refractivity (Wildman–Crippen MR) is 235 cm³/mol. The molecule has 0 radical (unpaired) electrons. The number of carbonyl (C=O) groups excluding carboxylic acids is 4. The van der Waals surface area contributed by atoms with Gasteiger partial charge in [-0.1, -0.05) is 40.7 Å². The van der Waals surface area contributed by atoms with Gasteiger partial charge >= 0.3 is 12.2 Å². The Morgan fingerprint density at radius 2 is 1.34 bits per heavy atom. The Bertz CT molecular complexity index is 2620. The van der Waals surface area contributed by atoms with E-state index in [1.807, 2.05) is 52.0 Å². The molecule has 6 heterocycles. The van der Waals surface area contributed by atoms with Crippen LogP contribution in [0.1, 0.15) is 96.7 Å². The molecule has 5 aromatic rings. The molecule has 1 saturated carbocycles. The van der Waals surface area contributed by atoms with E-state index in [4.69, 9.17) is 19.2 Å². The third kappa shape index (κ3) is 7.72. The number of fused-ring (bicyclic) bond motifs is 5. The van der Waals surface area contributed by atoms with Crippen LogP contribution >= 0.6 is 0 Å². The van der Waals surface area contributed by atoms with Crippen molar-refractivity contribution < 1.29 is 37.8 Å². The monoisotopic (exact) mass is 877 g/mol. The summed E-state index contributed by atoms with van der Waals surface area (Å²) in [5.41, 5.74) is 4.90. The van der Waals surface area contributed by atoms with Crippen LogP contribution in [0.4, 0.5) is 14.0 Å². The molecule has 4 N–H and O–H groups in total. The molecule has 7 atom stereocenters. The number of nitrogens with zero attached hydrogens (tertiary/aromatic N) is 5. The highest BCUT2D eigenvalue weighted by molar-refractivity contribution is 5.93. The Labute approximate surface area is 370 Å². The van der Waals surface area contributed by atoms with E-state index in [1.165, 1.54) is 20.3 Å². The lowest BCUT2D eigenvalue weighted by molar-refractivity contribution is -0.136. The van der Waals surface area contributed by atoms with Crippen molar-refractivity contribution in [3.8, 4) is 39.5 Å². The molecular weight excluding hydrogens is 822 g/mol. The minimum absolute atomic E-state index is 0.142. The van der Waals surface area contributed by atoms with Gasteiger partial charge in [-0.25, -0.2) is 23.9 Å². The Balaban J connectivity index is 0.993. The number of hydrogen-bond donors (Lipinski definition) is 4. The molecule has 3 fully saturated rings. The van der Waals surface area contributed by atoms with Gasteiger partial charge in [0.15, 0.2) is 6.23 Å². The topological polar surface area (TPSA) is 189 Å². The van der Waals surface area contributed by atoms with Gasteiger partial charge in [-0.2, -0.15) is 0 Å². The summed E-state index contributed by atoms with van der Waals surface area (Å²) in [6, 6.07) is 9.43. The summed E-state index contributed by atoms with van der Waals surface area (Å²) in [5, 5.41) is 6.30. The zero-order valence-electron chi connectivity index (χ0n) is 37.2. The second-order valence-electron chi connectivity index (χ2n) is 18.3. The van der Waals surface area contributed by atoms with Gasteiger partial charge in [-0.05, 0) is 80.2 Å². The summed E-state index contributed by atoms with van der Waals surface area (Å²) in [7, 11) is 2.55. The lowest BCUT2D eigenvalue weighted by Gasteiger charge is -2.31. The average Bonchev–Trinajstić information content (AvgIpc) is 3.99. The van der Waals surface area contributed by atoms with Crippen molar-refractivity contribution in [2.45, 2.75) is 97.1 Å². The second-order valence-corrected chi connectivity index (χ2v) is 18.3. The fourth-order valence-corrected chi connectivity index (χ4v) is 9.85. The minimum Gasteiger partial charge on any atom is -0.469 e. The number of ether oxygens (including phenoxy) is 3. The van der Waals surface area contributed by atoms with Crippen LogP contribution in [0.3, 0.4) is 0 Å². The molecular formula is C47H56FN9O7. The first kappa shape index (κ1) is 42.9. The first-order valence-corrected chi connectivity index (χ1v) is 22.3. The minimum atomic E-state index is -0.758. The number of likely N-dealkylation sites (tertiary alicyclic amines) is 2. The SMILES string of the molecule is COC(=O)N[C@H](C(=O)N1CCC[C@H]1c1ncc(-c2cc(F)c3c(c2)OC(C2CC2C)n2c-3cc3cc(-c4cnc([C@@H]5CCCN5C(=O)[C@@H](NC(=O)OC)C(C)C)[nH]4)ccc32)[nH]1)C(C)C. The van der Waals surface area contributed by atoms with Crippen molar-refractivity contribution >= 4 is 34.9 Å². The van der Waals surface area contributed by atoms with Gasteiger partial charge < -0.3 is 49.2 Å². The van der Waals surface area contributed by atoms with Gasteiger partial charge in [0.25, 0.3) is 0 Å². The van der Waals surface area contributed by atoms with E-state index in [1.54, 1.807) is 22.2 Å². The lowest BCUT2D eigenvalue weighted by atomic mass is 10.0. The molecule has 9 rings (SSSR count). The van der Waals surface area contributed by atoms with E-state index < -0.39 is 30.1 Å². The number of aromatic amines is 2. The Kier molecular flexibility index (Phi) is 11.4. The molecule has 4 amide bonds. The zero-order valence-corrected chi connectivity index (χ0v) is 37.2. The summed E-state index contributed by atoms with van der Waals surface area (Å²) < 4.78 is 35.2. The highest BCUT2D eigenvalue weighted by Crippen LogP contribution is 2.54. The van der Waals surface area contributed by atoms with Crippen LogP contribution in [0.25, 0.3) is 44.7 Å². The van der Waals surface area contributed by atoms with Crippen molar-refractivity contribution in [3.05, 3.63) is 66.3 Å². The molecule has 2 aromatic carbocycles. The molecule has 2 saturated heterocycles. The molecule has 17 heteroatoms. The number of rotatable bonds is 11. The van der Waals surface area contributed by atoms with Crippen LogP contribution in [0.2, 0.25) is 0 Å². The van der Waals surface area contributed by atoms with Crippen LogP contribution in [-0.2, 0) is 19.1 Å². The predicted octanol–water partition coefficient (Wildman–Crippen LogP) is 7.86. The molecule has 4 aliphatic rings. The van der Waals surface area contributed by atoms with Crippen molar-refractivity contribution in [3.63, 3.8) is 0 Å². The highest BCUT2D eigenvalue weighted by Gasteiger charge is 2.46. The standard InChI is InChI=1S/C47H56FN9O7/c1-23(2)39(53-46(60)62-6)43(58)55-14-8-10-34(55)41-49-21-31(51-41)26-12-13-33-28(17-26)19-36-38-30(48)18-27(20-37(38)64-45(57(33)36)29-16-25(29)5)32-22-50-42(52-32)35-11-9-15-56(35)44(59)40(24(3)4)54-47(61)63-7/h12-13,17-25,29,34-35,39-40,45H,8-11,14-16H2,1-7H3,(H,49,51)(H,50,52)(H,53,60)(H,54,61)/t25?,29?,34-,35-,39-,40-,45?/m0/s1. The van der Waals surface area contributed by atoms with Gasteiger partial charge in [0.05, 0.1) is 66.9 Å². The van der Waals surface area contributed by atoms with E-state index in [0.717, 1.165) is 53.5 Å². The number of hydrogen-bond acceptors (Lipinski definition) is 9. The smallest absolute Gasteiger partial charge is 0.407 e. The van der Waals surface area contributed by atoms with Crippen molar-refractivity contribution in [2.24, 2.45) is 23.7 Å². The van der Waals surface area contributed by atoms with E-state index in [9.17, 15) is 19.2 Å². The summed E-state index contributed by atoms with van der Waals surface area (Å²) >= 11 is 0. The number of nitrogens with one attached hydrogen (secondary N) is 4. The van der Waals surface area contributed by atoms with Gasteiger partial charge in [0, 0.05) is 35.5 Å². The number of alkyl carbamates (subject to hydrolysis) is 2. The summed E-state index contributed by atoms with van der Waals surface area (Å²) in [6.07, 6.45) is 5.79. The molecule has 338 valence electrons. The third-order valence-electron chi connectivity index (χ3n) is 13.5. The molecule has 1 aliphatic carbocycles. The number of amides is 4. The van der Waals surface area contributed by atoms with Crippen LogP contribution in [0.5, 0.6) is 5.75 Å². The van der Waals surface area contributed by atoms with Gasteiger partial charge in [0.1, 0.15) is 35.3 Å². The van der Waals surface area contributed by atoms with Crippen LogP contribution in [0, 0.1) is 29.5 Å². The Hall–Kier alpha value is -6.39. The molecule has 3 aromatic heterocycles. The largest absolute Gasteiger partial charge is 0.469 e. The summed E-state index contributed by atoms with van der Waals surface area (Å²) in [6.45, 7) is 10.8. The van der Waals surface area contributed by atoms with Gasteiger partial charge in [0.2, 0.25) is 11.8 Å². The summed E-state index contributed by atoms with van der Waals surface area (Å²) in [4.78, 5) is 71.5. The van der Waals surface area contributed by atoms with E-state index in [2.05, 4.69) is 43.1 Å². The molecule has 0 bridgehead atoms.